The van der Waals surface area contributed by atoms with Crippen LogP contribution in [0.3, 0.4) is 0 Å². The van der Waals surface area contributed by atoms with E-state index < -0.39 is 11.6 Å². The van der Waals surface area contributed by atoms with Crippen LogP contribution in [0.5, 0.6) is 0 Å². The molecular weight excluding hydrogens is 282 g/mol. The zero-order valence-electron chi connectivity index (χ0n) is 13.1. The summed E-state index contributed by atoms with van der Waals surface area (Å²) in [6, 6.07) is 9.04. The summed E-state index contributed by atoms with van der Waals surface area (Å²) in [7, 11) is 0. The standard InChI is InChI=1S/C16H21N3O3/c1-11(12-7-5-4-6-8-12)17-13(20)9-10-19-14(21)16(2,3)18-15(19)22/h4-8,11H,9-10H2,1-3H3,(H,17,20)(H,18,22)/t11-/m1/s1. The Morgan fingerprint density at radius 1 is 1.27 bits per heavy atom. The average Bonchev–Trinajstić information content (AvgIpc) is 2.66. The molecule has 1 saturated heterocycles. The van der Waals surface area contributed by atoms with E-state index in [-0.39, 0.29) is 30.8 Å². The first kappa shape index (κ1) is 16.0. The minimum atomic E-state index is -0.898. The third kappa shape index (κ3) is 3.44. The monoisotopic (exact) mass is 303 g/mol. The van der Waals surface area contributed by atoms with Gasteiger partial charge in [0.05, 0.1) is 6.04 Å². The first-order valence-electron chi connectivity index (χ1n) is 7.29. The number of benzene rings is 1. The second-order valence-corrected chi connectivity index (χ2v) is 5.96. The van der Waals surface area contributed by atoms with Gasteiger partial charge in [0.15, 0.2) is 0 Å². The molecule has 0 saturated carbocycles. The lowest BCUT2D eigenvalue weighted by Gasteiger charge is -2.17. The van der Waals surface area contributed by atoms with Gasteiger partial charge >= 0.3 is 6.03 Å². The van der Waals surface area contributed by atoms with E-state index in [1.165, 1.54) is 0 Å². The molecule has 4 amide bonds. The molecule has 1 fully saturated rings. The van der Waals surface area contributed by atoms with Gasteiger partial charge < -0.3 is 10.6 Å². The van der Waals surface area contributed by atoms with Crippen molar-refractivity contribution >= 4 is 17.8 Å². The van der Waals surface area contributed by atoms with Crippen molar-refractivity contribution < 1.29 is 14.4 Å². The number of hydrogen-bond donors (Lipinski definition) is 2. The van der Waals surface area contributed by atoms with Crippen LogP contribution >= 0.6 is 0 Å². The molecule has 1 aromatic carbocycles. The quantitative estimate of drug-likeness (QED) is 0.811. The molecule has 1 atom stereocenters. The fourth-order valence-corrected chi connectivity index (χ4v) is 2.37. The number of carbonyl (C=O) groups is 3. The van der Waals surface area contributed by atoms with E-state index in [2.05, 4.69) is 10.6 Å². The largest absolute Gasteiger partial charge is 0.350 e. The number of nitrogens with zero attached hydrogens (tertiary/aromatic N) is 1. The molecule has 1 heterocycles. The molecule has 0 unspecified atom stereocenters. The van der Waals surface area contributed by atoms with Crippen molar-refractivity contribution in [1.29, 1.82) is 0 Å². The zero-order valence-corrected chi connectivity index (χ0v) is 13.1. The first-order chi connectivity index (χ1) is 10.3. The molecule has 0 aliphatic carbocycles. The predicted molar refractivity (Wildman–Crippen MR) is 81.9 cm³/mol. The van der Waals surface area contributed by atoms with Gasteiger partial charge in [-0.1, -0.05) is 30.3 Å². The molecule has 0 spiro atoms. The number of amides is 4. The molecule has 0 bridgehead atoms. The number of imide groups is 1. The van der Waals surface area contributed by atoms with Gasteiger partial charge in [0.25, 0.3) is 5.91 Å². The van der Waals surface area contributed by atoms with Crippen molar-refractivity contribution in [2.45, 2.75) is 38.8 Å². The highest BCUT2D eigenvalue weighted by molar-refractivity contribution is 6.06. The second-order valence-electron chi connectivity index (χ2n) is 5.96. The Morgan fingerprint density at radius 2 is 1.91 bits per heavy atom. The molecule has 6 nitrogen and oxygen atoms in total. The smallest absolute Gasteiger partial charge is 0.325 e. The Morgan fingerprint density at radius 3 is 2.45 bits per heavy atom. The fraction of sp³-hybridized carbons (Fsp3) is 0.438. The van der Waals surface area contributed by atoms with Gasteiger partial charge in [0.2, 0.25) is 5.91 Å². The summed E-state index contributed by atoms with van der Waals surface area (Å²) in [5.41, 5.74) is 0.109. The van der Waals surface area contributed by atoms with Crippen molar-refractivity contribution in [1.82, 2.24) is 15.5 Å². The minimum Gasteiger partial charge on any atom is -0.350 e. The third-order valence-electron chi connectivity index (χ3n) is 3.68. The minimum absolute atomic E-state index is 0.0848. The van der Waals surface area contributed by atoms with Gasteiger partial charge in [-0.05, 0) is 26.3 Å². The van der Waals surface area contributed by atoms with E-state index in [1.54, 1.807) is 13.8 Å². The van der Waals surface area contributed by atoms with E-state index in [1.807, 2.05) is 37.3 Å². The molecular formula is C16H21N3O3. The van der Waals surface area contributed by atoms with Crippen molar-refractivity contribution in [3.63, 3.8) is 0 Å². The topological polar surface area (TPSA) is 78.5 Å². The molecule has 1 aliphatic rings. The highest BCUT2D eigenvalue weighted by atomic mass is 16.2. The predicted octanol–water partition coefficient (Wildman–Crippen LogP) is 1.58. The molecule has 118 valence electrons. The fourth-order valence-electron chi connectivity index (χ4n) is 2.37. The number of carbonyl (C=O) groups excluding carboxylic acids is 3. The van der Waals surface area contributed by atoms with Crippen LogP contribution in [-0.2, 0) is 9.59 Å². The summed E-state index contributed by atoms with van der Waals surface area (Å²) in [6.45, 7) is 5.26. The van der Waals surface area contributed by atoms with Crippen LogP contribution < -0.4 is 10.6 Å². The molecule has 1 aliphatic heterocycles. The van der Waals surface area contributed by atoms with Gasteiger partial charge in [-0.3, -0.25) is 14.5 Å². The van der Waals surface area contributed by atoms with E-state index in [9.17, 15) is 14.4 Å². The average molecular weight is 303 g/mol. The molecule has 0 aromatic heterocycles. The Bertz CT molecular complexity index is 584. The van der Waals surface area contributed by atoms with Gasteiger partial charge in [0, 0.05) is 13.0 Å². The van der Waals surface area contributed by atoms with E-state index in [0.29, 0.717) is 0 Å². The van der Waals surface area contributed by atoms with Gasteiger partial charge in [-0.25, -0.2) is 4.79 Å². The molecule has 2 N–H and O–H groups in total. The molecule has 0 radical (unpaired) electrons. The van der Waals surface area contributed by atoms with Crippen molar-refractivity contribution in [2.75, 3.05) is 6.54 Å². The van der Waals surface area contributed by atoms with Gasteiger partial charge in [-0.15, -0.1) is 0 Å². The number of nitrogens with one attached hydrogen (secondary N) is 2. The lowest BCUT2D eigenvalue weighted by Crippen LogP contribution is -2.40. The van der Waals surface area contributed by atoms with Crippen molar-refractivity contribution in [3.05, 3.63) is 35.9 Å². The first-order valence-corrected chi connectivity index (χ1v) is 7.29. The SMILES string of the molecule is C[C@@H](NC(=O)CCN1C(=O)NC(C)(C)C1=O)c1ccccc1. The summed E-state index contributed by atoms with van der Waals surface area (Å²) in [6.07, 6.45) is 0.0897. The van der Waals surface area contributed by atoms with Crippen molar-refractivity contribution in [3.8, 4) is 0 Å². The van der Waals surface area contributed by atoms with Crippen LogP contribution in [0.25, 0.3) is 0 Å². The van der Waals surface area contributed by atoms with Crippen LogP contribution in [0, 0.1) is 0 Å². The van der Waals surface area contributed by atoms with Gasteiger partial charge in [0.1, 0.15) is 5.54 Å². The molecule has 1 aromatic rings. The maximum absolute atomic E-state index is 12.0. The summed E-state index contributed by atoms with van der Waals surface area (Å²) in [5, 5.41) is 5.45. The van der Waals surface area contributed by atoms with Crippen molar-refractivity contribution in [2.24, 2.45) is 0 Å². The highest BCUT2D eigenvalue weighted by Gasteiger charge is 2.43. The Balaban J connectivity index is 1.86. The summed E-state index contributed by atoms with van der Waals surface area (Å²) in [5.74, 6) is -0.497. The van der Waals surface area contributed by atoms with Crippen LogP contribution in [0.15, 0.2) is 30.3 Å². The van der Waals surface area contributed by atoms with Crippen LogP contribution in [0.1, 0.15) is 38.8 Å². The van der Waals surface area contributed by atoms with Crippen LogP contribution in [-0.4, -0.2) is 34.8 Å². The highest BCUT2D eigenvalue weighted by Crippen LogP contribution is 2.17. The van der Waals surface area contributed by atoms with Gasteiger partial charge in [-0.2, -0.15) is 0 Å². The van der Waals surface area contributed by atoms with E-state index in [0.717, 1.165) is 10.5 Å². The van der Waals surface area contributed by atoms with E-state index in [4.69, 9.17) is 0 Å². The van der Waals surface area contributed by atoms with E-state index >= 15 is 0 Å². The normalized spacial score (nSPS) is 18.0. The number of hydrogen-bond acceptors (Lipinski definition) is 3. The maximum Gasteiger partial charge on any atom is 0.325 e. The summed E-state index contributed by atoms with van der Waals surface area (Å²) < 4.78 is 0. The van der Waals surface area contributed by atoms with Crippen LogP contribution in [0.2, 0.25) is 0 Å². The molecule has 2 rings (SSSR count). The summed E-state index contributed by atoms with van der Waals surface area (Å²) >= 11 is 0. The molecule has 22 heavy (non-hydrogen) atoms. The Labute approximate surface area is 129 Å². The Hall–Kier alpha value is -2.37. The second kappa shape index (κ2) is 6.17. The lowest BCUT2D eigenvalue weighted by atomic mass is 10.1. The zero-order chi connectivity index (χ0) is 16.3. The third-order valence-corrected chi connectivity index (χ3v) is 3.68. The lowest BCUT2D eigenvalue weighted by molar-refractivity contribution is -0.130. The Kier molecular flexibility index (Phi) is 4.49. The number of rotatable bonds is 5. The maximum atomic E-state index is 12.0. The number of urea groups is 1. The van der Waals surface area contributed by atoms with Crippen LogP contribution in [0.4, 0.5) is 4.79 Å². The summed E-state index contributed by atoms with van der Waals surface area (Å²) in [4.78, 5) is 36.8. The molecule has 6 heteroatoms.